The number of rotatable bonds is 7. The lowest BCUT2D eigenvalue weighted by molar-refractivity contribution is -0.0436. The van der Waals surface area contributed by atoms with Gasteiger partial charge in [0.2, 0.25) is 3.79 Å². The van der Waals surface area contributed by atoms with Gasteiger partial charge in [-0.1, -0.05) is 52.5 Å². The molecule has 0 spiro atoms. The van der Waals surface area contributed by atoms with Crippen molar-refractivity contribution in [2.45, 2.75) is 27.3 Å². The molecule has 0 aromatic heterocycles. The van der Waals surface area contributed by atoms with Gasteiger partial charge in [-0.25, -0.2) is 8.42 Å². The van der Waals surface area contributed by atoms with Gasteiger partial charge in [0.05, 0.1) is 16.3 Å². The summed E-state index contributed by atoms with van der Waals surface area (Å²) in [6, 6.07) is 8.62. The van der Waals surface area contributed by atoms with Crippen LogP contribution in [0.1, 0.15) is 17.3 Å². The number of benzene rings is 2. The van der Waals surface area contributed by atoms with Gasteiger partial charge in [-0.15, -0.1) is 0 Å². The lowest BCUT2D eigenvalue weighted by Crippen LogP contribution is -2.56. The number of amides is 1. The van der Waals surface area contributed by atoms with Gasteiger partial charge in [-0.3, -0.25) is 4.79 Å². The highest BCUT2D eigenvalue weighted by Gasteiger charge is 2.47. The Balaban J connectivity index is 2.30. The lowest BCUT2D eigenvalue weighted by Gasteiger charge is -2.28. The first kappa shape index (κ1) is 29.5. The number of halogens is 7. The standard InChI is InChI=1S/C19H17Cl4F3N4O3S2/c1-2-27-13-7-6-12(35(32,33)19(24,25)26)9-14(13)28-17(34)30-16(18(21,22)23)29-15(31)10-4-3-5-11(20)8-10/h3-9,16,27H,2H2,1H3,(H,29,31)(H2,28,30,34). The van der Waals surface area contributed by atoms with Gasteiger partial charge in [0.25, 0.3) is 15.7 Å². The second kappa shape index (κ2) is 11.6. The third kappa shape index (κ3) is 7.89. The summed E-state index contributed by atoms with van der Waals surface area (Å²) >= 11 is 28.9. The van der Waals surface area contributed by atoms with Crippen LogP contribution in [0.3, 0.4) is 0 Å². The fourth-order valence-corrected chi connectivity index (χ4v) is 4.14. The number of nitrogens with one attached hydrogen (secondary N) is 4. The quantitative estimate of drug-likeness (QED) is 0.187. The molecule has 16 heteroatoms. The van der Waals surface area contributed by atoms with Crippen molar-refractivity contribution >= 4 is 90.9 Å². The van der Waals surface area contributed by atoms with Crippen molar-refractivity contribution in [3.05, 3.63) is 53.1 Å². The minimum absolute atomic E-state index is 0.112. The molecule has 1 amide bonds. The zero-order chi connectivity index (χ0) is 26.6. The molecule has 0 aliphatic heterocycles. The smallest absolute Gasteiger partial charge is 0.384 e. The molecule has 0 aliphatic rings. The predicted octanol–water partition coefficient (Wildman–Crippen LogP) is 5.48. The Bertz CT molecular complexity index is 1210. The fourth-order valence-electron chi connectivity index (χ4n) is 2.61. The zero-order valence-electron chi connectivity index (χ0n) is 17.5. The Morgan fingerprint density at radius 3 is 2.26 bits per heavy atom. The van der Waals surface area contributed by atoms with Crippen LogP contribution < -0.4 is 21.3 Å². The molecule has 0 radical (unpaired) electrons. The first-order chi connectivity index (χ1) is 16.1. The Morgan fingerprint density at radius 1 is 1.06 bits per heavy atom. The molecular weight excluding hydrogens is 595 g/mol. The Morgan fingerprint density at radius 2 is 1.71 bits per heavy atom. The van der Waals surface area contributed by atoms with Crippen LogP contribution in [0.5, 0.6) is 0 Å². The minimum Gasteiger partial charge on any atom is -0.384 e. The van der Waals surface area contributed by atoms with Crippen LogP contribution in [0.4, 0.5) is 24.5 Å². The average Bonchev–Trinajstić information content (AvgIpc) is 2.73. The predicted molar refractivity (Wildman–Crippen MR) is 136 cm³/mol. The SMILES string of the molecule is CCNc1ccc(S(=O)(=O)C(F)(F)F)cc1NC(=S)NC(NC(=O)c1cccc(Cl)c1)C(Cl)(Cl)Cl. The van der Waals surface area contributed by atoms with Gasteiger partial charge in [0.1, 0.15) is 6.17 Å². The van der Waals surface area contributed by atoms with Crippen molar-refractivity contribution in [3.63, 3.8) is 0 Å². The van der Waals surface area contributed by atoms with Crippen molar-refractivity contribution in [2.75, 3.05) is 17.2 Å². The van der Waals surface area contributed by atoms with E-state index in [1.54, 1.807) is 13.0 Å². The zero-order valence-corrected chi connectivity index (χ0v) is 22.2. The van der Waals surface area contributed by atoms with Crippen LogP contribution in [-0.4, -0.2) is 41.4 Å². The molecule has 0 bridgehead atoms. The second-order valence-corrected chi connectivity index (χ2v) is 11.9. The van der Waals surface area contributed by atoms with Gasteiger partial charge >= 0.3 is 5.51 Å². The summed E-state index contributed by atoms with van der Waals surface area (Å²) in [6.07, 6.45) is -1.41. The van der Waals surface area contributed by atoms with Gasteiger partial charge < -0.3 is 21.3 Å². The number of alkyl halides is 6. The maximum atomic E-state index is 13.0. The van der Waals surface area contributed by atoms with E-state index in [1.165, 1.54) is 18.2 Å². The van der Waals surface area contributed by atoms with E-state index in [4.69, 9.17) is 58.6 Å². The molecule has 1 atom stereocenters. The van der Waals surface area contributed by atoms with Gasteiger partial charge in [-0.05, 0) is 55.5 Å². The van der Waals surface area contributed by atoms with Gasteiger partial charge in [0, 0.05) is 17.1 Å². The highest BCUT2D eigenvalue weighted by molar-refractivity contribution is 7.92. The largest absolute Gasteiger partial charge is 0.501 e. The van der Waals surface area contributed by atoms with E-state index in [-0.39, 0.29) is 27.1 Å². The van der Waals surface area contributed by atoms with E-state index in [0.717, 1.165) is 18.2 Å². The normalized spacial score (nSPS) is 13.0. The van der Waals surface area contributed by atoms with Crippen LogP contribution in [0.15, 0.2) is 47.4 Å². The number of hydrogen-bond donors (Lipinski definition) is 4. The Kier molecular flexibility index (Phi) is 9.76. The highest BCUT2D eigenvalue weighted by atomic mass is 35.6. The first-order valence-corrected chi connectivity index (χ1v) is 12.9. The van der Waals surface area contributed by atoms with Crippen LogP contribution in [0.25, 0.3) is 0 Å². The van der Waals surface area contributed by atoms with Gasteiger partial charge in [-0.2, -0.15) is 13.2 Å². The van der Waals surface area contributed by atoms with Crippen molar-refractivity contribution in [2.24, 2.45) is 0 Å². The summed E-state index contributed by atoms with van der Waals surface area (Å²) in [5, 5.41) is 10.4. The summed E-state index contributed by atoms with van der Waals surface area (Å²) in [7, 11) is -5.63. The van der Waals surface area contributed by atoms with E-state index in [0.29, 0.717) is 6.54 Å². The Hall–Kier alpha value is -1.70. The van der Waals surface area contributed by atoms with Crippen LogP contribution in [0, 0.1) is 0 Å². The Labute approximate surface area is 224 Å². The van der Waals surface area contributed by atoms with E-state index < -0.39 is 36.1 Å². The average molecular weight is 612 g/mol. The minimum atomic E-state index is -5.63. The molecule has 2 aromatic rings. The maximum Gasteiger partial charge on any atom is 0.501 e. The molecule has 4 N–H and O–H groups in total. The summed E-state index contributed by atoms with van der Waals surface area (Å²) in [4.78, 5) is 11.5. The molecule has 7 nitrogen and oxygen atoms in total. The fraction of sp³-hybridized carbons (Fsp3) is 0.263. The van der Waals surface area contributed by atoms with Gasteiger partial charge in [0.15, 0.2) is 5.11 Å². The molecule has 0 fully saturated rings. The van der Waals surface area contributed by atoms with E-state index >= 15 is 0 Å². The summed E-state index contributed by atoms with van der Waals surface area (Å²) in [6.45, 7) is 2.07. The van der Waals surface area contributed by atoms with E-state index in [9.17, 15) is 26.4 Å². The first-order valence-electron chi connectivity index (χ1n) is 9.46. The van der Waals surface area contributed by atoms with E-state index in [1.807, 2.05) is 0 Å². The molecule has 0 saturated heterocycles. The second-order valence-electron chi connectivity index (χ2n) is 6.74. The van der Waals surface area contributed by atoms with Crippen LogP contribution >= 0.6 is 58.6 Å². The number of hydrogen-bond acceptors (Lipinski definition) is 5. The summed E-state index contributed by atoms with van der Waals surface area (Å²) in [5.74, 6) is -0.675. The molecule has 2 aromatic carbocycles. The number of thiocarbonyl (C=S) groups is 1. The number of sulfone groups is 1. The molecule has 2 rings (SSSR count). The van der Waals surface area contributed by atoms with Crippen molar-refractivity contribution in [1.82, 2.24) is 10.6 Å². The van der Waals surface area contributed by atoms with E-state index in [2.05, 4.69) is 21.3 Å². The monoisotopic (exact) mass is 610 g/mol. The molecular formula is C19H17Cl4F3N4O3S2. The number of carbonyl (C=O) groups excluding carboxylic acids is 1. The summed E-state index contributed by atoms with van der Waals surface area (Å²) in [5.41, 5.74) is -5.23. The third-order valence-electron chi connectivity index (χ3n) is 4.19. The maximum absolute atomic E-state index is 13.0. The number of carbonyl (C=O) groups is 1. The van der Waals surface area contributed by atoms with Crippen molar-refractivity contribution < 1.29 is 26.4 Å². The molecule has 35 heavy (non-hydrogen) atoms. The third-order valence-corrected chi connectivity index (χ3v) is 6.78. The van der Waals surface area contributed by atoms with Crippen LogP contribution in [-0.2, 0) is 9.84 Å². The molecule has 0 aliphatic carbocycles. The van der Waals surface area contributed by atoms with Crippen LogP contribution in [0.2, 0.25) is 5.02 Å². The van der Waals surface area contributed by atoms with Crippen molar-refractivity contribution in [1.29, 1.82) is 0 Å². The number of anilines is 2. The molecule has 0 saturated carbocycles. The summed E-state index contributed by atoms with van der Waals surface area (Å²) < 4.78 is 60.5. The highest BCUT2D eigenvalue weighted by Crippen LogP contribution is 2.34. The molecule has 0 heterocycles. The lowest BCUT2D eigenvalue weighted by atomic mass is 10.2. The topological polar surface area (TPSA) is 99.3 Å². The molecule has 1 unspecified atom stereocenters. The molecule has 192 valence electrons. The van der Waals surface area contributed by atoms with Crippen molar-refractivity contribution in [3.8, 4) is 0 Å².